The van der Waals surface area contributed by atoms with Crippen LogP contribution in [0, 0.1) is 0 Å². The number of phenolic OH excluding ortho intramolecular Hbond substituents is 1. The van der Waals surface area contributed by atoms with Crippen LogP contribution < -0.4 is 0 Å². The standard InChI is InChI=1S/C29H22O/c30-29-26(21-12-4-1-5-13-21)20-24-18-10-11-19-25(24)28(29)27(22-14-6-2-7-15-22)23-16-8-3-9-17-23/h1-20,27,30H. The van der Waals surface area contributed by atoms with Gasteiger partial charge in [-0.05, 0) is 33.5 Å². The predicted octanol–water partition coefficient (Wildman–Crippen LogP) is 7.39. The van der Waals surface area contributed by atoms with E-state index in [0.717, 1.165) is 38.6 Å². The highest BCUT2D eigenvalue weighted by molar-refractivity contribution is 5.95. The number of phenols is 1. The Bertz CT molecular complexity index is 1240. The lowest BCUT2D eigenvalue weighted by atomic mass is 9.80. The highest BCUT2D eigenvalue weighted by atomic mass is 16.3. The Morgan fingerprint density at radius 1 is 0.533 bits per heavy atom. The molecule has 5 rings (SSSR count). The molecular formula is C29H22O. The van der Waals surface area contributed by atoms with Gasteiger partial charge in [-0.25, -0.2) is 0 Å². The zero-order valence-corrected chi connectivity index (χ0v) is 16.6. The molecule has 0 radical (unpaired) electrons. The van der Waals surface area contributed by atoms with Crippen molar-refractivity contribution < 1.29 is 5.11 Å². The van der Waals surface area contributed by atoms with E-state index < -0.39 is 0 Å². The molecule has 0 fully saturated rings. The molecule has 0 aliphatic heterocycles. The summed E-state index contributed by atoms with van der Waals surface area (Å²) < 4.78 is 0. The van der Waals surface area contributed by atoms with E-state index in [4.69, 9.17) is 0 Å². The van der Waals surface area contributed by atoms with Crippen molar-refractivity contribution in [3.63, 3.8) is 0 Å². The van der Waals surface area contributed by atoms with Crippen molar-refractivity contribution in [3.05, 3.63) is 138 Å². The minimum atomic E-state index is -0.0686. The Morgan fingerprint density at radius 3 is 1.63 bits per heavy atom. The average molecular weight is 386 g/mol. The molecule has 0 atom stereocenters. The van der Waals surface area contributed by atoms with Crippen LogP contribution in [-0.4, -0.2) is 5.11 Å². The van der Waals surface area contributed by atoms with Crippen LogP contribution in [0.5, 0.6) is 5.75 Å². The molecule has 0 saturated carbocycles. The molecule has 0 bridgehead atoms. The quantitative estimate of drug-likeness (QED) is 0.319. The van der Waals surface area contributed by atoms with Gasteiger partial charge >= 0.3 is 0 Å². The first kappa shape index (κ1) is 18.2. The van der Waals surface area contributed by atoms with E-state index in [-0.39, 0.29) is 5.92 Å². The lowest BCUT2D eigenvalue weighted by Gasteiger charge is -2.23. The minimum Gasteiger partial charge on any atom is -0.507 e. The molecule has 0 spiro atoms. The highest BCUT2D eigenvalue weighted by Gasteiger charge is 2.24. The van der Waals surface area contributed by atoms with Gasteiger partial charge in [-0.1, -0.05) is 115 Å². The summed E-state index contributed by atoms with van der Waals surface area (Å²) in [4.78, 5) is 0. The molecule has 1 heteroatoms. The number of fused-ring (bicyclic) bond motifs is 1. The second kappa shape index (κ2) is 7.88. The second-order valence-electron chi connectivity index (χ2n) is 7.53. The van der Waals surface area contributed by atoms with Gasteiger partial charge < -0.3 is 5.11 Å². The van der Waals surface area contributed by atoms with Gasteiger partial charge in [0.05, 0.1) is 0 Å². The first-order valence-corrected chi connectivity index (χ1v) is 10.2. The van der Waals surface area contributed by atoms with Crippen LogP contribution in [0.4, 0.5) is 0 Å². The molecule has 144 valence electrons. The molecule has 0 amide bonds. The van der Waals surface area contributed by atoms with Crippen LogP contribution in [-0.2, 0) is 0 Å². The van der Waals surface area contributed by atoms with Gasteiger partial charge in [0, 0.05) is 17.0 Å². The summed E-state index contributed by atoms with van der Waals surface area (Å²) in [5.74, 6) is 0.276. The molecule has 0 unspecified atom stereocenters. The first-order valence-electron chi connectivity index (χ1n) is 10.2. The smallest absolute Gasteiger partial charge is 0.128 e. The molecule has 0 aliphatic carbocycles. The summed E-state index contributed by atoms with van der Waals surface area (Å²) in [7, 11) is 0. The van der Waals surface area contributed by atoms with Crippen molar-refractivity contribution in [1.29, 1.82) is 0 Å². The van der Waals surface area contributed by atoms with Gasteiger partial charge in [0.2, 0.25) is 0 Å². The maximum atomic E-state index is 11.6. The summed E-state index contributed by atoms with van der Waals surface area (Å²) in [6.07, 6.45) is 0. The molecular weight excluding hydrogens is 364 g/mol. The topological polar surface area (TPSA) is 20.2 Å². The van der Waals surface area contributed by atoms with Gasteiger partial charge in [-0.3, -0.25) is 0 Å². The fourth-order valence-electron chi connectivity index (χ4n) is 4.31. The van der Waals surface area contributed by atoms with E-state index in [2.05, 4.69) is 72.8 Å². The third-order valence-corrected chi connectivity index (χ3v) is 5.70. The zero-order chi connectivity index (χ0) is 20.3. The summed E-state index contributed by atoms with van der Waals surface area (Å²) in [5.41, 5.74) is 5.15. The first-order chi connectivity index (χ1) is 14.8. The summed E-state index contributed by atoms with van der Waals surface area (Å²) in [5, 5.41) is 13.8. The van der Waals surface area contributed by atoms with Gasteiger partial charge in [0.25, 0.3) is 0 Å². The molecule has 1 N–H and O–H groups in total. The van der Waals surface area contributed by atoms with E-state index >= 15 is 0 Å². The minimum absolute atomic E-state index is 0.0686. The average Bonchev–Trinajstić information content (AvgIpc) is 2.82. The highest BCUT2D eigenvalue weighted by Crippen LogP contribution is 2.45. The predicted molar refractivity (Wildman–Crippen MR) is 125 cm³/mol. The van der Waals surface area contributed by atoms with Crippen molar-refractivity contribution in [2.75, 3.05) is 0 Å². The Labute approximate surface area is 176 Å². The lowest BCUT2D eigenvalue weighted by molar-refractivity contribution is 0.470. The normalized spacial score (nSPS) is 11.1. The molecule has 30 heavy (non-hydrogen) atoms. The number of hydrogen-bond acceptors (Lipinski definition) is 1. The Morgan fingerprint density at radius 2 is 1.03 bits per heavy atom. The second-order valence-corrected chi connectivity index (χ2v) is 7.53. The molecule has 5 aromatic rings. The van der Waals surface area contributed by atoms with Crippen molar-refractivity contribution in [1.82, 2.24) is 0 Å². The van der Waals surface area contributed by atoms with Crippen LogP contribution in [0.15, 0.2) is 121 Å². The SMILES string of the molecule is Oc1c(-c2ccccc2)cc2ccccc2c1C(c1ccccc1)c1ccccc1. The molecule has 0 aromatic heterocycles. The summed E-state index contributed by atoms with van der Waals surface area (Å²) in [6, 6.07) is 41.4. The van der Waals surface area contributed by atoms with E-state index in [0.29, 0.717) is 5.75 Å². The van der Waals surface area contributed by atoms with Crippen LogP contribution in [0.3, 0.4) is 0 Å². The van der Waals surface area contributed by atoms with Gasteiger partial charge in [-0.2, -0.15) is 0 Å². The van der Waals surface area contributed by atoms with E-state index in [1.807, 2.05) is 48.5 Å². The maximum Gasteiger partial charge on any atom is 0.128 e. The molecule has 0 aliphatic rings. The molecule has 0 saturated heterocycles. The monoisotopic (exact) mass is 386 g/mol. The number of rotatable bonds is 4. The molecule has 5 aromatic carbocycles. The largest absolute Gasteiger partial charge is 0.507 e. The van der Waals surface area contributed by atoms with E-state index in [1.165, 1.54) is 0 Å². The van der Waals surface area contributed by atoms with Gasteiger partial charge in [0.1, 0.15) is 5.75 Å². The fraction of sp³-hybridized carbons (Fsp3) is 0.0345. The maximum absolute atomic E-state index is 11.6. The van der Waals surface area contributed by atoms with Gasteiger partial charge in [0.15, 0.2) is 0 Å². The van der Waals surface area contributed by atoms with Crippen molar-refractivity contribution in [2.24, 2.45) is 0 Å². The zero-order valence-electron chi connectivity index (χ0n) is 16.6. The summed E-state index contributed by atoms with van der Waals surface area (Å²) in [6.45, 7) is 0. The number of benzene rings is 5. The number of hydrogen-bond donors (Lipinski definition) is 1. The van der Waals surface area contributed by atoms with Crippen LogP contribution in [0.2, 0.25) is 0 Å². The van der Waals surface area contributed by atoms with E-state index in [1.54, 1.807) is 0 Å². The Kier molecular flexibility index (Phi) is 4.78. The fourth-order valence-corrected chi connectivity index (χ4v) is 4.31. The van der Waals surface area contributed by atoms with Crippen LogP contribution in [0.25, 0.3) is 21.9 Å². The number of aromatic hydroxyl groups is 1. The Balaban J connectivity index is 1.86. The van der Waals surface area contributed by atoms with Crippen LogP contribution >= 0.6 is 0 Å². The van der Waals surface area contributed by atoms with E-state index in [9.17, 15) is 5.11 Å². The molecule has 0 heterocycles. The summed E-state index contributed by atoms with van der Waals surface area (Å²) >= 11 is 0. The lowest BCUT2D eigenvalue weighted by Crippen LogP contribution is -2.05. The van der Waals surface area contributed by atoms with Crippen LogP contribution in [0.1, 0.15) is 22.6 Å². The Hall–Kier alpha value is -3.84. The third kappa shape index (κ3) is 3.25. The van der Waals surface area contributed by atoms with Crippen molar-refractivity contribution in [2.45, 2.75) is 5.92 Å². The van der Waals surface area contributed by atoms with Crippen molar-refractivity contribution in [3.8, 4) is 16.9 Å². The molecule has 1 nitrogen and oxygen atoms in total. The third-order valence-electron chi connectivity index (χ3n) is 5.70. The van der Waals surface area contributed by atoms with Gasteiger partial charge in [-0.15, -0.1) is 0 Å². The van der Waals surface area contributed by atoms with Crippen molar-refractivity contribution >= 4 is 10.8 Å².